The van der Waals surface area contributed by atoms with Crippen LogP contribution in [0.5, 0.6) is 0 Å². The summed E-state index contributed by atoms with van der Waals surface area (Å²) in [6.45, 7) is 11.0. The highest BCUT2D eigenvalue weighted by Crippen LogP contribution is 2.27. The minimum absolute atomic E-state index is 1.17. The van der Waals surface area contributed by atoms with Gasteiger partial charge in [-0.15, -0.1) is 0 Å². The van der Waals surface area contributed by atoms with Gasteiger partial charge in [0.25, 0.3) is 0 Å². The van der Waals surface area contributed by atoms with E-state index in [0.29, 0.717) is 0 Å². The number of rotatable bonds is 2. The molecule has 0 aliphatic heterocycles. The van der Waals surface area contributed by atoms with E-state index >= 15 is 0 Å². The lowest BCUT2D eigenvalue weighted by Gasteiger charge is -2.45. The van der Waals surface area contributed by atoms with Gasteiger partial charge in [-0.25, -0.2) is 0 Å². The normalized spacial score (nSPS) is 13.9. The molecule has 0 unspecified atom stereocenters. The van der Waals surface area contributed by atoms with Gasteiger partial charge in [-0.3, -0.25) is 5.41 Å². The number of halogens is 3. The van der Waals surface area contributed by atoms with Crippen LogP contribution in [0.15, 0.2) is 0 Å². The third kappa shape index (κ3) is 3.98. The molecular weight excluding hydrogens is 237 g/mol. The minimum Gasteiger partial charge on any atom is -0.406 e. The average Bonchev–Trinajstić information content (AvgIpc) is 1.76. The van der Waals surface area contributed by atoms with Gasteiger partial charge in [0.05, 0.1) is 0 Å². The third-order valence-electron chi connectivity index (χ3n) is 1.83. The van der Waals surface area contributed by atoms with Crippen molar-refractivity contribution in [2.24, 2.45) is 0 Å². The maximum Gasteiger partial charge on any atom is 0.447 e. The first-order chi connectivity index (χ1) is 6.28. The Kier molecular flexibility index (Phi) is 3.85. The van der Waals surface area contributed by atoms with Gasteiger partial charge in [0.2, 0.25) is 0 Å². The molecule has 0 amide bonds. The lowest BCUT2D eigenvalue weighted by Crippen LogP contribution is -2.64. The Bertz CT molecular complexity index is 236. The highest BCUT2D eigenvalue weighted by Gasteiger charge is 2.46. The zero-order valence-corrected chi connectivity index (χ0v) is 12.1. The molecule has 15 heavy (non-hydrogen) atoms. The maximum atomic E-state index is 12.5. The van der Waals surface area contributed by atoms with Gasteiger partial charge in [-0.05, 0) is 0 Å². The van der Waals surface area contributed by atoms with Crippen molar-refractivity contribution in [1.29, 1.82) is 5.41 Å². The van der Waals surface area contributed by atoms with Gasteiger partial charge < -0.3 is 4.23 Å². The van der Waals surface area contributed by atoms with E-state index in [9.17, 15) is 13.2 Å². The quantitative estimate of drug-likeness (QED) is 0.457. The van der Waals surface area contributed by atoms with E-state index in [4.69, 9.17) is 5.41 Å². The van der Waals surface area contributed by atoms with Crippen LogP contribution >= 0.6 is 0 Å². The van der Waals surface area contributed by atoms with Crippen molar-refractivity contribution in [2.75, 3.05) is 0 Å². The Morgan fingerprint density at radius 1 is 0.933 bits per heavy atom. The summed E-state index contributed by atoms with van der Waals surface area (Å²) in [5, 5.41) is 7.28. The lowest BCUT2D eigenvalue weighted by atomic mass is 10.6. The molecule has 0 saturated carbocycles. The smallest absolute Gasteiger partial charge is 0.406 e. The maximum absolute atomic E-state index is 12.5. The van der Waals surface area contributed by atoms with Gasteiger partial charge in [0.1, 0.15) is 16.5 Å². The molecule has 0 aromatic rings. The van der Waals surface area contributed by atoms with Crippen LogP contribution in [0.25, 0.3) is 0 Å². The molecule has 0 radical (unpaired) electrons. The molecule has 0 aromatic carbocycles. The second-order valence-corrected chi connectivity index (χ2v) is 15.5. The SMILES string of the molecule is C[Si](C)(C)N(C(=N)C(F)(F)F)[Si](C)(C)C. The number of hydrogen-bond donors (Lipinski definition) is 1. The minimum atomic E-state index is -4.53. The molecule has 90 valence electrons. The first kappa shape index (κ1) is 14.7. The largest absolute Gasteiger partial charge is 0.447 e. The monoisotopic (exact) mass is 256 g/mol. The third-order valence-corrected chi connectivity index (χ3v) is 8.99. The molecule has 0 rings (SSSR count). The summed E-state index contributed by atoms with van der Waals surface area (Å²) in [7, 11) is -4.29. The second-order valence-electron chi connectivity index (χ2n) is 5.52. The van der Waals surface area contributed by atoms with E-state index in [0.717, 1.165) is 0 Å². The first-order valence-corrected chi connectivity index (χ1v) is 11.6. The summed E-state index contributed by atoms with van der Waals surface area (Å²) in [5.74, 6) is -1.17. The molecule has 1 N–H and O–H groups in total. The number of nitrogens with zero attached hydrogens (tertiary/aromatic N) is 1. The Morgan fingerprint density at radius 3 is 1.27 bits per heavy atom. The van der Waals surface area contributed by atoms with Crippen LogP contribution < -0.4 is 0 Å². The molecule has 0 fully saturated rings. The predicted molar refractivity (Wildman–Crippen MR) is 62.3 cm³/mol. The molecule has 0 spiro atoms. The molecule has 0 aliphatic rings. The van der Waals surface area contributed by atoms with E-state index in [1.807, 2.05) is 39.3 Å². The highest BCUT2D eigenvalue weighted by molar-refractivity contribution is 6.92. The van der Waals surface area contributed by atoms with Crippen LogP contribution in [0.2, 0.25) is 39.3 Å². The molecule has 0 aliphatic carbocycles. The summed E-state index contributed by atoms with van der Waals surface area (Å²) >= 11 is 0. The molecule has 2 nitrogen and oxygen atoms in total. The zero-order chi connectivity index (χ0) is 12.7. The lowest BCUT2D eigenvalue weighted by molar-refractivity contribution is -0.0648. The Morgan fingerprint density at radius 2 is 1.20 bits per heavy atom. The van der Waals surface area contributed by atoms with Crippen LogP contribution in [0.1, 0.15) is 0 Å². The van der Waals surface area contributed by atoms with Gasteiger partial charge in [-0.1, -0.05) is 39.3 Å². The predicted octanol–water partition coefficient (Wildman–Crippen LogP) is 3.50. The number of amidine groups is 1. The van der Waals surface area contributed by atoms with Crippen molar-refractivity contribution in [3.05, 3.63) is 0 Å². The molecular formula is C8H19F3N2Si2. The Labute approximate surface area is 91.2 Å². The van der Waals surface area contributed by atoms with Crippen molar-refractivity contribution in [1.82, 2.24) is 4.23 Å². The zero-order valence-electron chi connectivity index (χ0n) is 10.1. The fraction of sp³-hybridized carbons (Fsp3) is 0.875. The molecule has 0 atom stereocenters. The van der Waals surface area contributed by atoms with Crippen LogP contribution in [0, 0.1) is 5.41 Å². The van der Waals surface area contributed by atoms with E-state index < -0.39 is 28.5 Å². The van der Waals surface area contributed by atoms with E-state index in [2.05, 4.69) is 0 Å². The Hall–Kier alpha value is -0.306. The van der Waals surface area contributed by atoms with Crippen molar-refractivity contribution in [3.63, 3.8) is 0 Å². The average molecular weight is 256 g/mol. The van der Waals surface area contributed by atoms with Crippen LogP contribution in [-0.4, -0.2) is 32.7 Å². The molecule has 0 aromatic heterocycles. The summed E-state index contributed by atoms with van der Waals surface area (Å²) in [5.41, 5.74) is 0. The van der Waals surface area contributed by atoms with E-state index in [1.165, 1.54) is 4.23 Å². The summed E-state index contributed by atoms with van der Waals surface area (Å²) in [4.78, 5) is 0. The van der Waals surface area contributed by atoms with Crippen molar-refractivity contribution in [3.8, 4) is 0 Å². The van der Waals surface area contributed by atoms with Crippen LogP contribution in [-0.2, 0) is 0 Å². The second kappa shape index (κ2) is 3.93. The summed E-state index contributed by atoms with van der Waals surface area (Å²) in [6, 6.07) is 0. The van der Waals surface area contributed by atoms with Crippen molar-refractivity contribution >= 4 is 22.3 Å². The fourth-order valence-electron chi connectivity index (χ4n) is 1.80. The van der Waals surface area contributed by atoms with Crippen LogP contribution in [0.4, 0.5) is 13.2 Å². The van der Waals surface area contributed by atoms with E-state index in [-0.39, 0.29) is 0 Å². The van der Waals surface area contributed by atoms with Gasteiger partial charge >= 0.3 is 6.18 Å². The van der Waals surface area contributed by atoms with Crippen molar-refractivity contribution in [2.45, 2.75) is 45.5 Å². The van der Waals surface area contributed by atoms with Gasteiger partial charge in [0.15, 0.2) is 5.84 Å². The Balaban J connectivity index is 5.26. The van der Waals surface area contributed by atoms with Gasteiger partial charge in [-0.2, -0.15) is 13.2 Å². The van der Waals surface area contributed by atoms with E-state index in [1.54, 1.807) is 0 Å². The topological polar surface area (TPSA) is 27.1 Å². The first-order valence-electron chi connectivity index (χ1n) is 4.74. The van der Waals surface area contributed by atoms with Crippen molar-refractivity contribution < 1.29 is 13.2 Å². The standard InChI is InChI=1S/C8H19F3N2Si2/c1-14(2,3)13(15(4,5)6)7(12)8(9,10)11/h12H,1-6H3. The highest BCUT2D eigenvalue weighted by atomic mass is 28.4. The molecule has 0 heterocycles. The number of alkyl halides is 3. The summed E-state index contributed by atoms with van der Waals surface area (Å²) < 4.78 is 39.0. The fourth-order valence-corrected chi connectivity index (χ4v) is 11.4. The van der Waals surface area contributed by atoms with Crippen LogP contribution in [0.3, 0.4) is 0 Å². The molecule has 0 bridgehead atoms. The summed E-state index contributed by atoms with van der Waals surface area (Å²) in [6.07, 6.45) is -4.53. The number of hydrogen-bond acceptors (Lipinski definition) is 1. The molecule has 7 heteroatoms. The number of nitrogens with one attached hydrogen (secondary N) is 1. The van der Waals surface area contributed by atoms with Gasteiger partial charge in [0, 0.05) is 0 Å². The molecule has 0 saturated heterocycles.